The Morgan fingerprint density at radius 1 is 1.08 bits per heavy atom. The number of nitrogens with zero attached hydrogens (tertiary/aromatic N) is 3. The summed E-state index contributed by atoms with van der Waals surface area (Å²) in [7, 11) is 0. The maximum atomic E-state index is 12.9. The molecule has 1 amide bonds. The first-order chi connectivity index (χ1) is 12.1. The second-order valence-electron chi connectivity index (χ2n) is 6.68. The Morgan fingerprint density at radius 3 is 2.36 bits per heavy atom. The molecule has 0 unspecified atom stereocenters. The van der Waals surface area contributed by atoms with E-state index in [1.807, 2.05) is 17.9 Å². The highest BCUT2D eigenvalue weighted by Crippen LogP contribution is 2.08. The number of nitrogens with one attached hydrogen (secondary N) is 1. The summed E-state index contributed by atoms with van der Waals surface area (Å²) in [5, 5.41) is 0. The van der Waals surface area contributed by atoms with Crippen LogP contribution in [0.2, 0.25) is 0 Å². The van der Waals surface area contributed by atoms with Crippen LogP contribution in [0.25, 0.3) is 0 Å². The predicted octanol–water partition coefficient (Wildman–Crippen LogP) is 1.43. The molecule has 0 aliphatic carbocycles. The van der Waals surface area contributed by atoms with Crippen molar-refractivity contribution in [2.24, 2.45) is 0 Å². The maximum absolute atomic E-state index is 12.9. The fraction of sp³-hybridized carbons (Fsp3) is 0.684. The molecule has 2 rings (SSSR count). The summed E-state index contributed by atoms with van der Waals surface area (Å²) < 4.78 is 0. The lowest BCUT2D eigenvalue weighted by Crippen LogP contribution is -2.48. The Hall–Kier alpha value is -1.66. The van der Waals surface area contributed by atoms with E-state index >= 15 is 0 Å². The van der Waals surface area contributed by atoms with Crippen LogP contribution in [0.4, 0.5) is 0 Å². The number of amides is 1. The minimum atomic E-state index is -0.199. The molecule has 140 valence electrons. The minimum absolute atomic E-state index is 0.0326. The largest absolute Gasteiger partial charge is 0.337 e. The van der Waals surface area contributed by atoms with Crippen LogP contribution in [0.5, 0.6) is 0 Å². The number of hydrogen-bond acceptors (Lipinski definition) is 4. The average molecular weight is 348 g/mol. The number of rotatable bonds is 8. The van der Waals surface area contributed by atoms with Gasteiger partial charge in [-0.05, 0) is 25.5 Å². The van der Waals surface area contributed by atoms with Gasteiger partial charge in [-0.25, -0.2) is 0 Å². The summed E-state index contributed by atoms with van der Waals surface area (Å²) in [5.74, 6) is -0.0326. The summed E-state index contributed by atoms with van der Waals surface area (Å²) in [6.45, 7) is 14.0. The van der Waals surface area contributed by atoms with Gasteiger partial charge in [0.15, 0.2) is 0 Å². The Bertz CT molecular complexity index is 606. The number of carbonyl (C=O) groups excluding carboxylic acids is 1. The van der Waals surface area contributed by atoms with E-state index in [9.17, 15) is 9.59 Å². The van der Waals surface area contributed by atoms with Gasteiger partial charge in [-0.1, -0.05) is 20.8 Å². The third-order valence-electron chi connectivity index (χ3n) is 4.91. The number of likely N-dealkylation sites (N-methyl/N-ethyl adjacent to an activating group) is 1. The Morgan fingerprint density at radius 2 is 1.76 bits per heavy atom. The standard InChI is InChI=1S/C19H32N4O2/c1-4-7-23(13-12-22-10-8-21(6-3)9-11-22)19(25)16-14-17(5-2)20-18(24)15-16/h14-15H,4-13H2,1-3H3,(H,20,24). The van der Waals surface area contributed by atoms with Crippen LogP contribution in [0.15, 0.2) is 16.9 Å². The number of hydrogen-bond donors (Lipinski definition) is 1. The zero-order valence-corrected chi connectivity index (χ0v) is 15.9. The number of aromatic amines is 1. The average Bonchev–Trinajstić information content (AvgIpc) is 2.64. The molecule has 6 nitrogen and oxygen atoms in total. The molecule has 6 heteroatoms. The molecule has 1 aliphatic rings. The molecule has 0 atom stereocenters. The lowest BCUT2D eigenvalue weighted by molar-refractivity contribution is 0.0708. The number of carbonyl (C=O) groups is 1. The molecule has 0 radical (unpaired) electrons. The Balaban J connectivity index is 1.98. The lowest BCUT2D eigenvalue weighted by Gasteiger charge is -2.35. The second-order valence-corrected chi connectivity index (χ2v) is 6.68. The number of aromatic nitrogens is 1. The first-order valence-electron chi connectivity index (χ1n) is 9.54. The van der Waals surface area contributed by atoms with Crippen molar-refractivity contribution in [2.75, 3.05) is 52.4 Å². The van der Waals surface area contributed by atoms with Crippen molar-refractivity contribution in [1.29, 1.82) is 0 Å². The molecule has 1 aliphatic heterocycles. The van der Waals surface area contributed by atoms with E-state index in [4.69, 9.17) is 0 Å². The van der Waals surface area contributed by atoms with Crippen LogP contribution in [0, 0.1) is 0 Å². The highest BCUT2D eigenvalue weighted by Gasteiger charge is 2.19. The molecule has 0 bridgehead atoms. The SMILES string of the molecule is CCCN(CCN1CCN(CC)CC1)C(=O)c1cc(CC)[nH]c(=O)c1. The molecule has 0 spiro atoms. The van der Waals surface area contributed by atoms with Crippen LogP contribution in [0.3, 0.4) is 0 Å². The van der Waals surface area contributed by atoms with Gasteiger partial charge in [0.25, 0.3) is 5.91 Å². The van der Waals surface area contributed by atoms with Crippen LogP contribution in [-0.2, 0) is 6.42 Å². The van der Waals surface area contributed by atoms with Crippen LogP contribution in [-0.4, -0.2) is 77.9 Å². The normalized spacial score (nSPS) is 16.1. The summed E-state index contributed by atoms with van der Waals surface area (Å²) in [6.07, 6.45) is 1.63. The number of pyridine rings is 1. The first-order valence-corrected chi connectivity index (χ1v) is 9.54. The van der Waals surface area contributed by atoms with Crippen molar-refractivity contribution in [3.8, 4) is 0 Å². The van der Waals surface area contributed by atoms with E-state index in [1.165, 1.54) is 6.07 Å². The Kier molecular flexibility index (Phi) is 7.65. The lowest BCUT2D eigenvalue weighted by atomic mass is 10.1. The van der Waals surface area contributed by atoms with Gasteiger partial charge in [-0.15, -0.1) is 0 Å². The fourth-order valence-corrected chi connectivity index (χ4v) is 3.27. The Labute approximate surface area is 150 Å². The van der Waals surface area contributed by atoms with E-state index in [0.29, 0.717) is 18.5 Å². The van der Waals surface area contributed by atoms with E-state index in [2.05, 4.69) is 28.6 Å². The first kappa shape index (κ1) is 19.7. The minimum Gasteiger partial charge on any atom is -0.337 e. The van der Waals surface area contributed by atoms with Gasteiger partial charge in [0.05, 0.1) is 0 Å². The van der Waals surface area contributed by atoms with Crippen LogP contribution in [0.1, 0.15) is 43.2 Å². The van der Waals surface area contributed by atoms with Gasteiger partial charge in [0.2, 0.25) is 5.56 Å². The van der Waals surface area contributed by atoms with E-state index in [1.54, 1.807) is 0 Å². The third kappa shape index (κ3) is 5.68. The fourth-order valence-electron chi connectivity index (χ4n) is 3.27. The highest BCUT2D eigenvalue weighted by atomic mass is 16.2. The summed E-state index contributed by atoms with van der Waals surface area (Å²) in [4.78, 5) is 34.2. The zero-order chi connectivity index (χ0) is 18.2. The number of piperazine rings is 1. The topological polar surface area (TPSA) is 59.6 Å². The summed E-state index contributed by atoms with van der Waals surface area (Å²) >= 11 is 0. The van der Waals surface area contributed by atoms with E-state index in [-0.39, 0.29) is 11.5 Å². The molecule has 1 aromatic rings. The second kappa shape index (κ2) is 9.73. The molecule has 0 saturated carbocycles. The smallest absolute Gasteiger partial charge is 0.254 e. The monoisotopic (exact) mass is 348 g/mol. The van der Waals surface area contributed by atoms with Crippen molar-refractivity contribution in [2.45, 2.75) is 33.6 Å². The summed E-state index contributed by atoms with van der Waals surface area (Å²) in [5.41, 5.74) is 1.11. The number of aryl methyl sites for hydroxylation is 1. The van der Waals surface area contributed by atoms with Crippen molar-refractivity contribution >= 4 is 5.91 Å². The quantitative estimate of drug-likeness (QED) is 0.772. The van der Waals surface area contributed by atoms with Crippen LogP contribution >= 0.6 is 0 Å². The van der Waals surface area contributed by atoms with Crippen molar-refractivity contribution in [1.82, 2.24) is 19.7 Å². The molecule has 1 fully saturated rings. The predicted molar refractivity (Wildman–Crippen MR) is 101 cm³/mol. The van der Waals surface area contributed by atoms with Gasteiger partial charge in [-0.3, -0.25) is 14.5 Å². The molecule has 25 heavy (non-hydrogen) atoms. The van der Waals surface area contributed by atoms with Crippen molar-refractivity contribution < 1.29 is 4.79 Å². The van der Waals surface area contributed by atoms with Gasteiger partial charge in [-0.2, -0.15) is 0 Å². The van der Waals surface area contributed by atoms with E-state index < -0.39 is 0 Å². The maximum Gasteiger partial charge on any atom is 0.254 e. The van der Waals surface area contributed by atoms with Crippen molar-refractivity contribution in [3.63, 3.8) is 0 Å². The zero-order valence-electron chi connectivity index (χ0n) is 15.9. The number of H-pyrrole nitrogens is 1. The van der Waals surface area contributed by atoms with Gasteiger partial charge in [0.1, 0.15) is 0 Å². The van der Waals surface area contributed by atoms with Crippen LogP contribution < -0.4 is 5.56 Å². The molecular formula is C19H32N4O2. The molecule has 2 heterocycles. The molecule has 0 aromatic carbocycles. The molecular weight excluding hydrogens is 316 g/mol. The highest BCUT2D eigenvalue weighted by molar-refractivity contribution is 5.94. The molecule has 1 saturated heterocycles. The van der Waals surface area contributed by atoms with Gasteiger partial charge in [0, 0.05) is 63.1 Å². The molecule has 1 N–H and O–H groups in total. The summed E-state index contributed by atoms with van der Waals surface area (Å²) in [6, 6.07) is 3.23. The molecule has 1 aromatic heterocycles. The van der Waals surface area contributed by atoms with Gasteiger partial charge >= 0.3 is 0 Å². The van der Waals surface area contributed by atoms with Crippen molar-refractivity contribution in [3.05, 3.63) is 33.7 Å². The van der Waals surface area contributed by atoms with Gasteiger partial charge < -0.3 is 14.8 Å². The third-order valence-corrected chi connectivity index (χ3v) is 4.91. The van der Waals surface area contributed by atoms with E-state index in [0.717, 1.165) is 57.9 Å².